The van der Waals surface area contributed by atoms with E-state index in [0.717, 1.165) is 5.56 Å². The SMILES string of the molecule is CCOc1ccc(N=c2oc3c(C)ncc(CO)c3cc2C(=O)Nc2cc(C)c(Cl)cc2OC)cc1. The van der Waals surface area contributed by atoms with Crippen molar-refractivity contribution in [3.8, 4) is 11.5 Å². The third-order valence-corrected chi connectivity index (χ3v) is 5.98. The summed E-state index contributed by atoms with van der Waals surface area (Å²) in [5.41, 5.74) is 3.62. The lowest BCUT2D eigenvalue weighted by atomic mass is 10.1. The fraction of sp³-hybridized carbons (Fsp3) is 0.222. The number of hydrogen-bond acceptors (Lipinski definition) is 7. The molecule has 0 fully saturated rings. The number of carbonyl (C=O) groups excluding carboxylic acids is 1. The molecule has 0 aliphatic carbocycles. The van der Waals surface area contributed by atoms with Gasteiger partial charge in [-0.25, -0.2) is 4.99 Å². The standard InChI is InChI=1S/C27H26ClN3O5/c1-5-35-19-8-6-18(7-9-19)30-27-21(11-20-17(14-32)13-29-16(3)25(20)36-27)26(33)31-23-10-15(2)22(28)12-24(23)34-4/h6-13,32H,5,14H2,1-4H3,(H,31,33). The Balaban J connectivity index is 1.88. The first-order chi connectivity index (χ1) is 17.3. The molecule has 0 aliphatic heterocycles. The Kier molecular flexibility index (Phi) is 7.57. The quantitative estimate of drug-likeness (QED) is 0.343. The minimum absolute atomic E-state index is 0.0915. The third kappa shape index (κ3) is 5.19. The van der Waals surface area contributed by atoms with Gasteiger partial charge in [-0.1, -0.05) is 11.6 Å². The van der Waals surface area contributed by atoms with Crippen LogP contribution in [0.3, 0.4) is 0 Å². The van der Waals surface area contributed by atoms with Crippen LogP contribution >= 0.6 is 11.6 Å². The monoisotopic (exact) mass is 507 g/mol. The molecule has 0 aliphatic rings. The zero-order valence-electron chi connectivity index (χ0n) is 20.4. The topological polar surface area (TPSA) is 106 Å². The number of methoxy groups -OCH3 is 1. The van der Waals surface area contributed by atoms with E-state index < -0.39 is 5.91 Å². The number of hydrogen-bond donors (Lipinski definition) is 2. The van der Waals surface area contributed by atoms with Crippen LogP contribution in [0.1, 0.15) is 34.1 Å². The summed E-state index contributed by atoms with van der Waals surface area (Å²) >= 11 is 6.22. The summed E-state index contributed by atoms with van der Waals surface area (Å²) < 4.78 is 17.0. The van der Waals surface area contributed by atoms with Crippen molar-refractivity contribution >= 4 is 39.9 Å². The number of nitrogens with one attached hydrogen (secondary N) is 1. The Hall–Kier alpha value is -3.88. The lowest BCUT2D eigenvalue weighted by Gasteiger charge is -2.13. The number of aromatic nitrogens is 1. The van der Waals surface area contributed by atoms with Crippen LogP contribution in [0.2, 0.25) is 5.02 Å². The van der Waals surface area contributed by atoms with E-state index in [-0.39, 0.29) is 17.7 Å². The van der Waals surface area contributed by atoms with Gasteiger partial charge >= 0.3 is 0 Å². The van der Waals surface area contributed by atoms with E-state index in [4.69, 9.17) is 25.5 Å². The number of aliphatic hydroxyl groups excluding tert-OH is 1. The van der Waals surface area contributed by atoms with Gasteiger partial charge in [0.15, 0.2) is 5.58 Å². The molecule has 0 saturated heterocycles. The van der Waals surface area contributed by atoms with Crippen LogP contribution in [-0.4, -0.2) is 29.7 Å². The van der Waals surface area contributed by atoms with Gasteiger partial charge in [-0.15, -0.1) is 0 Å². The zero-order valence-corrected chi connectivity index (χ0v) is 21.1. The number of amides is 1. The van der Waals surface area contributed by atoms with E-state index in [1.807, 2.05) is 13.8 Å². The molecular formula is C27H26ClN3O5. The van der Waals surface area contributed by atoms with Crippen molar-refractivity contribution in [2.45, 2.75) is 27.4 Å². The van der Waals surface area contributed by atoms with Crippen molar-refractivity contribution in [1.29, 1.82) is 0 Å². The maximum atomic E-state index is 13.5. The van der Waals surface area contributed by atoms with Gasteiger partial charge in [0.25, 0.3) is 5.91 Å². The van der Waals surface area contributed by atoms with Gasteiger partial charge in [0, 0.05) is 28.2 Å². The summed E-state index contributed by atoms with van der Waals surface area (Å²) in [5, 5.41) is 13.8. The Morgan fingerprint density at radius 3 is 2.61 bits per heavy atom. The van der Waals surface area contributed by atoms with Gasteiger partial charge < -0.3 is 24.3 Å². The molecule has 9 heteroatoms. The van der Waals surface area contributed by atoms with E-state index >= 15 is 0 Å². The number of aliphatic hydroxyl groups is 1. The molecular weight excluding hydrogens is 482 g/mol. The molecule has 186 valence electrons. The minimum atomic E-state index is -0.469. The van der Waals surface area contributed by atoms with Gasteiger partial charge in [0.2, 0.25) is 5.55 Å². The number of anilines is 1. The molecule has 0 unspecified atom stereocenters. The zero-order chi connectivity index (χ0) is 25.8. The number of nitrogens with zero attached hydrogens (tertiary/aromatic N) is 2. The molecule has 2 N–H and O–H groups in total. The summed E-state index contributed by atoms with van der Waals surface area (Å²) in [5.74, 6) is 0.657. The minimum Gasteiger partial charge on any atom is -0.495 e. The highest BCUT2D eigenvalue weighted by molar-refractivity contribution is 6.31. The van der Waals surface area contributed by atoms with Crippen LogP contribution in [-0.2, 0) is 6.61 Å². The molecule has 0 atom stereocenters. The molecule has 36 heavy (non-hydrogen) atoms. The first kappa shape index (κ1) is 25.2. The fourth-order valence-corrected chi connectivity index (χ4v) is 3.83. The molecule has 8 nitrogen and oxygen atoms in total. The van der Waals surface area contributed by atoms with Crippen molar-refractivity contribution in [3.63, 3.8) is 0 Å². The number of aryl methyl sites for hydroxylation is 2. The number of pyridine rings is 1. The number of carbonyl (C=O) groups is 1. The Morgan fingerprint density at radius 2 is 1.94 bits per heavy atom. The van der Waals surface area contributed by atoms with E-state index in [9.17, 15) is 9.90 Å². The number of halogens is 1. The van der Waals surface area contributed by atoms with E-state index in [0.29, 0.717) is 56.7 Å². The van der Waals surface area contributed by atoms with Gasteiger partial charge in [-0.2, -0.15) is 0 Å². The molecule has 0 spiro atoms. The second kappa shape index (κ2) is 10.8. The third-order valence-electron chi connectivity index (χ3n) is 5.57. The highest BCUT2D eigenvalue weighted by atomic mass is 35.5. The lowest BCUT2D eigenvalue weighted by Crippen LogP contribution is -2.22. The summed E-state index contributed by atoms with van der Waals surface area (Å²) in [4.78, 5) is 22.4. The molecule has 0 radical (unpaired) electrons. The van der Waals surface area contributed by atoms with Crippen LogP contribution in [0.25, 0.3) is 11.0 Å². The van der Waals surface area contributed by atoms with Crippen molar-refractivity contribution in [1.82, 2.24) is 4.98 Å². The average Bonchev–Trinajstić information content (AvgIpc) is 2.87. The Morgan fingerprint density at radius 1 is 1.19 bits per heavy atom. The van der Waals surface area contributed by atoms with Gasteiger partial charge in [-0.05, 0) is 62.7 Å². The Bertz CT molecular complexity index is 1500. The molecule has 0 saturated carbocycles. The van der Waals surface area contributed by atoms with Gasteiger partial charge in [-0.3, -0.25) is 9.78 Å². The molecule has 2 aromatic carbocycles. The summed E-state index contributed by atoms with van der Waals surface area (Å²) in [6.45, 7) is 5.81. The smallest absolute Gasteiger partial charge is 0.261 e. The van der Waals surface area contributed by atoms with Crippen molar-refractivity contribution in [2.75, 3.05) is 19.0 Å². The van der Waals surface area contributed by atoms with Crippen LogP contribution in [0.5, 0.6) is 11.5 Å². The Labute approximate surface area is 213 Å². The van der Waals surface area contributed by atoms with E-state index in [1.54, 1.807) is 55.6 Å². The van der Waals surface area contributed by atoms with Crippen molar-refractivity contribution < 1.29 is 23.8 Å². The average molecular weight is 508 g/mol. The highest BCUT2D eigenvalue weighted by Gasteiger charge is 2.18. The van der Waals surface area contributed by atoms with E-state index in [1.165, 1.54) is 7.11 Å². The second-order valence-electron chi connectivity index (χ2n) is 8.03. The summed E-state index contributed by atoms with van der Waals surface area (Å²) in [6.07, 6.45) is 1.56. The van der Waals surface area contributed by atoms with Crippen LogP contribution < -0.4 is 20.3 Å². The predicted octanol–water partition coefficient (Wildman–Crippen LogP) is 5.48. The molecule has 2 aromatic heterocycles. The van der Waals surface area contributed by atoms with E-state index in [2.05, 4.69) is 15.3 Å². The molecule has 1 amide bonds. The molecule has 2 heterocycles. The van der Waals surface area contributed by atoms with Crippen LogP contribution in [0, 0.1) is 13.8 Å². The van der Waals surface area contributed by atoms with Crippen LogP contribution in [0.15, 0.2) is 58.1 Å². The van der Waals surface area contributed by atoms with Crippen LogP contribution in [0.4, 0.5) is 11.4 Å². The maximum Gasteiger partial charge on any atom is 0.261 e. The number of fused-ring (bicyclic) bond motifs is 1. The normalized spacial score (nSPS) is 11.6. The fourth-order valence-electron chi connectivity index (χ4n) is 3.68. The summed E-state index contributed by atoms with van der Waals surface area (Å²) in [6, 6.07) is 12.1. The maximum absolute atomic E-state index is 13.5. The second-order valence-corrected chi connectivity index (χ2v) is 8.44. The number of rotatable bonds is 7. The summed E-state index contributed by atoms with van der Waals surface area (Å²) in [7, 11) is 1.50. The largest absolute Gasteiger partial charge is 0.495 e. The molecule has 0 bridgehead atoms. The van der Waals surface area contributed by atoms with Crippen molar-refractivity contribution in [3.05, 3.63) is 81.6 Å². The van der Waals surface area contributed by atoms with Gasteiger partial charge in [0.1, 0.15) is 17.1 Å². The van der Waals surface area contributed by atoms with Gasteiger partial charge in [0.05, 0.1) is 37.4 Å². The van der Waals surface area contributed by atoms with Crippen molar-refractivity contribution in [2.24, 2.45) is 4.99 Å². The number of ether oxygens (including phenoxy) is 2. The molecule has 4 aromatic rings. The highest BCUT2D eigenvalue weighted by Crippen LogP contribution is 2.31. The molecule has 4 rings (SSSR count). The first-order valence-electron chi connectivity index (χ1n) is 11.3. The first-order valence-corrected chi connectivity index (χ1v) is 11.7. The predicted molar refractivity (Wildman–Crippen MR) is 138 cm³/mol. The lowest BCUT2D eigenvalue weighted by molar-refractivity contribution is 0.102. The number of benzene rings is 2.